The van der Waals surface area contributed by atoms with Crippen LogP contribution < -0.4 is 10.2 Å². The molecule has 0 saturated carbocycles. The van der Waals surface area contributed by atoms with Gasteiger partial charge in [0.2, 0.25) is 0 Å². The second-order valence-corrected chi connectivity index (χ2v) is 5.47. The van der Waals surface area contributed by atoms with E-state index < -0.39 is 11.8 Å². The predicted octanol–water partition coefficient (Wildman–Crippen LogP) is 3.07. The van der Waals surface area contributed by atoms with E-state index in [1.165, 1.54) is 11.0 Å². The van der Waals surface area contributed by atoms with Crippen molar-refractivity contribution in [2.45, 2.75) is 0 Å². The Bertz CT molecular complexity index is 842. The van der Waals surface area contributed by atoms with E-state index in [-0.39, 0.29) is 10.7 Å². The van der Waals surface area contributed by atoms with Crippen molar-refractivity contribution < 1.29 is 9.59 Å². The zero-order chi connectivity index (χ0) is 16.9. The van der Waals surface area contributed by atoms with Crippen LogP contribution >= 0.6 is 12.2 Å². The molecule has 0 unspecified atom stereocenters. The lowest BCUT2D eigenvalue weighted by molar-refractivity contribution is -0.122. The number of hydrogen-bond acceptors (Lipinski definition) is 3. The Labute approximate surface area is 145 Å². The highest BCUT2D eigenvalue weighted by Crippen LogP contribution is 2.20. The second-order valence-electron chi connectivity index (χ2n) is 5.09. The molecule has 0 spiro atoms. The maximum absolute atomic E-state index is 12.7. The third kappa shape index (κ3) is 3.31. The van der Waals surface area contributed by atoms with Crippen LogP contribution in [-0.4, -0.2) is 16.9 Å². The molecule has 1 aliphatic rings. The van der Waals surface area contributed by atoms with Gasteiger partial charge in [0.15, 0.2) is 5.11 Å². The minimum Gasteiger partial charge on any atom is -0.298 e. The fraction of sp³-hybridized carbons (Fsp3) is 0. The van der Waals surface area contributed by atoms with Crippen LogP contribution in [0.25, 0.3) is 6.08 Å². The maximum atomic E-state index is 12.7. The summed E-state index contributed by atoms with van der Waals surface area (Å²) < 4.78 is 0. The van der Waals surface area contributed by atoms with Crippen molar-refractivity contribution >= 4 is 40.9 Å². The highest BCUT2D eigenvalue weighted by Gasteiger charge is 2.33. The summed E-state index contributed by atoms with van der Waals surface area (Å²) >= 11 is 5.13. The largest absolute Gasteiger partial charge is 0.298 e. The lowest BCUT2D eigenvalue weighted by atomic mass is 10.1. The number of nitrogens with one attached hydrogen (secondary N) is 1. The normalized spacial score (nSPS) is 16.8. The molecule has 0 atom stereocenters. The van der Waals surface area contributed by atoms with Crippen molar-refractivity contribution in [1.29, 1.82) is 0 Å². The number of rotatable bonds is 3. The van der Waals surface area contributed by atoms with Crippen LogP contribution in [0.4, 0.5) is 5.69 Å². The molecule has 4 nitrogen and oxygen atoms in total. The molecule has 0 aromatic heterocycles. The Morgan fingerprint density at radius 1 is 0.917 bits per heavy atom. The van der Waals surface area contributed by atoms with Crippen molar-refractivity contribution in [3.63, 3.8) is 0 Å². The Kier molecular flexibility index (Phi) is 4.63. The first kappa shape index (κ1) is 15.8. The van der Waals surface area contributed by atoms with Gasteiger partial charge in [-0.15, -0.1) is 0 Å². The number of allylic oxidation sites excluding steroid dienone is 2. The number of benzene rings is 2. The zero-order valence-electron chi connectivity index (χ0n) is 12.7. The monoisotopic (exact) mass is 334 g/mol. The first-order chi connectivity index (χ1) is 11.7. The summed E-state index contributed by atoms with van der Waals surface area (Å²) in [6.07, 6.45) is 5.01. The summed E-state index contributed by atoms with van der Waals surface area (Å²) in [5, 5.41) is 2.64. The van der Waals surface area contributed by atoms with Gasteiger partial charge in [-0.25, -0.2) is 0 Å². The molecule has 3 rings (SSSR count). The van der Waals surface area contributed by atoms with E-state index in [1.807, 2.05) is 42.5 Å². The zero-order valence-corrected chi connectivity index (χ0v) is 13.5. The van der Waals surface area contributed by atoms with Gasteiger partial charge in [0.25, 0.3) is 11.8 Å². The minimum atomic E-state index is -0.491. The van der Waals surface area contributed by atoms with E-state index in [1.54, 1.807) is 30.3 Å². The van der Waals surface area contributed by atoms with Gasteiger partial charge in [0.05, 0.1) is 5.69 Å². The molecule has 2 aromatic rings. The van der Waals surface area contributed by atoms with E-state index in [9.17, 15) is 9.59 Å². The summed E-state index contributed by atoms with van der Waals surface area (Å²) in [4.78, 5) is 26.1. The van der Waals surface area contributed by atoms with Gasteiger partial charge < -0.3 is 0 Å². The quantitative estimate of drug-likeness (QED) is 0.533. The maximum Gasteiger partial charge on any atom is 0.270 e. The van der Waals surface area contributed by atoms with Crippen LogP contribution in [0.2, 0.25) is 0 Å². The molecule has 1 fully saturated rings. The van der Waals surface area contributed by atoms with Crippen LogP contribution in [0.1, 0.15) is 5.56 Å². The topological polar surface area (TPSA) is 49.4 Å². The van der Waals surface area contributed by atoms with Crippen molar-refractivity contribution in [3.05, 3.63) is 84.0 Å². The van der Waals surface area contributed by atoms with Gasteiger partial charge in [-0.1, -0.05) is 60.7 Å². The Balaban J connectivity index is 1.88. The standard InChI is InChI=1S/C19H14N2O2S/c22-17-16(13-7-10-14-8-3-1-4-9-14)18(23)21(19(24)20-17)15-11-5-2-6-12-15/h1-13H,(H,20,22,24)/b10-7-,16-13+. The molecular formula is C19H14N2O2S. The van der Waals surface area contributed by atoms with Crippen LogP contribution in [0, 0.1) is 0 Å². The smallest absolute Gasteiger partial charge is 0.270 e. The van der Waals surface area contributed by atoms with Gasteiger partial charge >= 0.3 is 0 Å². The number of para-hydroxylation sites is 1. The van der Waals surface area contributed by atoms with E-state index >= 15 is 0 Å². The Morgan fingerprint density at radius 2 is 1.54 bits per heavy atom. The Morgan fingerprint density at radius 3 is 2.21 bits per heavy atom. The van der Waals surface area contributed by atoms with Gasteiger partial charge in [-0.05, 0) is 36.0 Å². The molecule has 1 aliphatic heterocycles. The van der Waals surface area contributed by atoms with Crippen LogP contribution in [-0.2, 0) is 9.59 Å². The molecule has 1 saturated heterocycles. The molecule has 0 radical (unpaired) electrons. The lowest BCUT2D eigenvalue weighted by Crippen LogP contribution is -2.54. The van der Waals surface area contributed by atoms with E-state index in [0.29, 0.717) is 5.69 Å². The SMILES string of the molecule is O=C1NC(=S)N(c2ccccc2)C(=O)/C1=C/C=C\c1ccccc1. The summed E-state index contributed by atoms with van der Waals surface area (Å²) in [6, 6.07) is 18.6. The van der Waals surface area contributed by atoms with Gasteiger partial charge in [0, 0.05) is 0 Å². The molecule has 2 aromatic carbocycles. The third-order valence-electron chi connectivity index (χ3n) is 3.47. The van der Waals surface area contributed by atoms with E-state index in [4.69, 9.17) is 12.2 Å². The highest BCUT2D eigenvalue weighted by molar-refractivity contribution is 7.80. The molecule has 0 bridgehead atoms. The summed E-state index contributed by atoms with van der Waals surface area (Å²) in [5.74, 6) is -0.928. The fourth-order valence-corrected chi connectivity index (χ4v) is 2.59. The third-order valence-corrected chi connectivity index (χ3v) is 3.75. The number of nitrogens with zero attached hydrogens (tertiary/aromatic N) is 1. The number of amides is 2. The number of anilines is 1. The number of hydrogen-bond donors (Lipinski definition) is 1. The summed E-state index contributed by atoms with van der Waals surface area (Å²) in [5.41, 5.74) is 1.64. The number of carbonyl (C=O) groups excluding carboxylic acids is 2. The molecular weight excluding hydrogens is 320 g/mol. The highest BCUT2D eigenvalue weighted by atomic mass is 32.1. The molecule has 2 amide bonds. The van der Waals surface area contributed by atoms with E-state index in [2.05, 4.69) is 5.32 Å². The summed E-state index contributed by atoms with van der Waals surface area (Å²) in [6.45, 7) is 0. The van der Waals surface area contributed by atoms with Gasteiger partial charge in [0.1, 0.15) is 5.57 Å². The molecule has 0 aliphatic carbocycles. The number of thiocarbonyl (C=S) groups is 1. The van der Waals surface area contributed by atoms with E-state index in [0.717, 1.165) is 5.56 Å². The first-order valence-corrected chi connectivity index (χ1v) is 7.76. The molecule has 1 N–H and O–H groups in total. The minimum absolute atomic E-state index is 0.0413. The molecule has 5 heteroatoms. The predicted molar refractivity (Wildman–Crippen MR) is 98.2 cm³/mol. The summed E-state index contributed by atoms with van der Waals surface area (Å²) in [7, 11) is 0. The number of carbonyl (C=O) groups is 2. The lowest BCUT2D eigenvalue weighted by Gasteiger charge is -2.28. The van der Waals surface area contributed by atoms with Crippen LogP contribution in [0.3, 0.4) is 0 Å². The molecule has 118 valence electrons. The average Bonchev–Trinajstić information content (AvgIpc) is 2.59. The van der Waals surface area contributed by atoms with Crippen molar-refractivity contribution in [1.82, 2.24) is 5.32 Å². The van der Waals surface area contributed by atoms with Crippen molar-refractivity contribution in [2.75, 3.05) is 4.90 Å². The average molecular weight is 334 g/mol. The molecule has 24 heavy (non-hydrogen) atoms. The van der Waals surface area contributed by atoms with Crippen molar-refractivity contribution in [3.8, 4) is 0 Å². The first-order valence-electron chi connectivity index (χ1n) is 7.35. The van der Waals surface area contributed by atoms with Gasteiger partial charge in [-0.2, -0.15) is 0 Å². The van der Waals surface area contributed by atoms with Crippen LogP contribution in [0.5, 0.6) is 0 Å². The van der Waals surface area contributed by atoms with Crippen molar-refractivity contribution in [2.24, 2.45) is 0 Å². The second kappa shape index (κ2) is 7.02. The molecule has 1 heterocycles. The van der Waals surface area contributed by atoms with Gasteiger partial charge in [-0.3, -0.25) is 19.8 Å². The fourth-order valence-electron chi connectivity index (χ4n) is 2.31. The Hall–Kier alpha value is -3.05. The van der Waals surface area contributed by atoms with Crippen LogP contribution in [0.15, 0.2) is 78.4 Å².